The molecule has 5 atom stereocenters. The first-order valence-electron chi connectivity index (χ1n) is 20.2. The van der Waals surface area contributed by atoms with Gasteiger partial charge in [0.2, 0.25) is 11.8 Å². The van der Waals surface area contributed by atoms with Crippen molar-refractivity contribution in [1.82, 2.24) is 40.4 Å². The second-order valence-corrected chi connectivity index (χ2v) is 16.3. The number of piperidine rings is 1. The number of ether oxygens (including phenoxy) is 2. The Bertz CT molecular complexity index is 2520. The van der Waals surface area contributed by atoms with Gasteiger partial charge in [-0.05, 0) is 90.5 Å². The number of ketones is 1. The summed E-state index contributed by atoms with van der Waals surface area (Å²) in [4.78, 5) is 84.8. The number of methoxy groups -OCH3 is 2. The van der Waals surface area contributed by atoms with Gasteiger partial charge >= 0.3 is 12.2 Å². The van der Waals surface area contributed by atoms with Gasteiger partial charge in [-0.2, -0.15) is 0 Å². The average Bonchev–Trinajstić information content (AvgIpc) is 4.12. The number of carbonyl (C=O) groups is 5. The van der Waals surface area contributed by atoms with Gasteiger partial charge in [0, 0.05) is 29.3 Å². The van der Waals surface area contributed by atoms with E-state index in [1.807, 2.05) is 73.3 Å². The van der Waals surface area contributed by atoms with Crippen molar-refractivity contribution in [3.05, 3.63) is 83.6 Å². The van der Waals surface area contributed by atoms with Crippen molar-refractivity contribution >= 4 is 40.8 Å². The molecule has 59 heavy (non-hydrogen) atoms. The summed E-state index contributed by atoms with van der Waals surface area (Å²) in [7, 11) is 2.55. The highest BCUT2D eigenvalue weighted by atomic mass is 16.5. The van der Waals surface area contributed by atoms with Crippen molar-refractivity contribution < 1.29 is 33.4 Å². The summed E-state index contributed by atoms with van der Waals surface area (Å²) in [5.41, 5.74) is 7.96. The number of aromatic amines is 2. The lowest BCUT2D eigenvalue weighted by Gasteiger charge is -2.37. The average molecular weight is 799 g/mol. The topological polar surface area (TPSA) is 192 Å². The highest BCUT2D eigenvalue weighted by molar-refractivity contribution is 6.22. The maximum Gasteiger partial charge on any atom is 0.407 e. The van der Waals surface area contributed by atoms with Crippen molar-refractivity contribution in [3.8, 4) is 33.5 Å². The van der Waals surface area contributed by atoms with Crippen molar-refractivity contribution in [2.45, 2.75) is 70.1 Å². The van der Waals surface area contributed by atoms with Gasteiger partial charge in [-0.25, -0.2) is 19.6 Å². The van der Waals surface area contributed by atoms with Crippen molar-refractivity contribution in [1.29, 1.82) is 0 Å². The lowest BCUT2D eigenvalue weighted by atomic mass is 9.95. The first-order chi connectivity index (χ1) is 28.5. The number of hydrogen-bond acceptors (Lipinski definition) is 9. The molecule has 4 heterocycles. The maximum absolute atomic E-state index is 14.0. The van der Waals surface area contributed by atoms with Crippen molar-refractivity contribution in [2.24, 2.45) is 11.8 Å². The number of imidazole rings is 2. The molecule has 15 heteroatoms. The predicted molar refractivity (Wildman–Crippen MR) is 217 cm³/mol. The van der Waals surface area contributed by atoms with Crippen molar-refractivity contribution in [3.63, 3.8) is 0 Å². The summed E-state index contributed by atoms with van der Waals surface area (Å²) in [5.74, 6) is 1.14. The van der Waals surface area contributed by atoms with Crippen LogP contribution in [0.2, 0.25) is 0 Å². The number of nitrogens with one attached hydrogen (secondary N) is 4. The molecule has 2 aromatic heterocycles. The van der Waals surface area contributed by atoms with Crippen LogP contribution in [0.4, 0.5) is 9.59 Å². The first kappa shape index (κ1) is 38.0. The number of fused-ring (bicyclic) bond motifs is 6. The van der Waals surface area contributed by atoms with Gasteiger partial charge in [-0.3, -0.25) is 14.4 Å². The van der Waals surface area contributed by atoms with Gasteiger partial charge in [-0.1, -0.05) is 44.2 Å². The van der Waals surface area contributed by atoms with E-state index in [4.69, 9.17) is 9.72 Å². The van der Waals surface area contributed by atoms with Gasteiger partial charge in [0.05, 0.1) is 49.2 Å². The van der Waals surface area contributed by atoms with E-state index in [0.717, 1.165) is 82.5 Å². The number of likely N-dealkylation sites (tertiary alicyclic amines) is 2. The fourth-order valence-corrected chi connectivity index (χ4v) is 9.62. The molecule has 0 unspecified atom stereocenters. The number of benzene rings is 3. The second kappa shape index (κ2) is 15.0. The van der Waals surface area contributed by atoms with E-state index in [1.54, 1.807) is 11.1 Å². The molecule has 2 saturated heterocycles. The normalized spacial score (nSPS) is 20.9. The van der Waals surface area contributed by atoms with E-state index in [9.17, 15) is 24.0 Å². The molecule has 0 spiro atoms. The summed E-state index contributed by atoms with van der Waals surface area (Å²) < 4.78 is 9.42. The van der Waals surface area contributed by atoms with Crippen LogP contribution in [0.15, 0.2) is 60.8 Å². The highest BCUT2D eigenvalue weighted by Gasteiger charge is 2.51. The van der Waals surface area contributed by atoms with Crippen LogP contribution in [-0.2, 0) is 19.1 Å². The monoisotopic (exact) mass is 798 g/mol. The van der Waals surface area contributed by atoms with Crippen LogP contribution >= 0.6 is 0 Å². The van der Waals surface area contributed by atoms with Crippen LogP contribution in [0, 0.1) is 11.8 Å². The number of H-pyrrole nitrogens is 2. The van der Waals surface area contributed by atoms with Crippen LogP contribution in [0.3, 0.4) is 0 Å². The third-order valence-electron chi connectivity index (χ3n) is 12.5. The van der Waals surface area contributed by atoms with E-state index in [0.29, 0.717) is 23.5 Å². The Hall–Kier alpha value is -6.51. The number of hydrogen-bond donors (Lipinski definition) is 4. The van der Waals surface area contributed by atoms with Crippen molar-refractivity contribution in [2.75, 3.05) is 27.3 Å². The van der Waals surface area contributed by atoms with Crippen LogP contribution < -0.4 is 10.6 Å². The van der Waals surface area contributed by atoms with E-state index < -0.39 is 18.2 Å². The van der Waals surface area contributed by atoms with E-state index in [1.165, 1.54) is 14.2 Å². The second-order valence-electron chi connectivity index (χ2n) is 16.3. The summed E-state index contributed by atoms with van der Waals surface area (Å²) in [6.07, 6.45) is 4.83. The smallest absolute Gasteiger partial charge is 0.407 e. The maximum atomic E-state index is 14.0. The molecule has 1 saturated carbocycles. The summed E-state index contributed by atoms with van der Waals surface area (Å²) in [6.45, 7) is 4.23. The third-order valence-corrected chi connectivity index (χ3v) is 12.5. The van der Waals surface area contributed by atoms with Crippen LogP contribution in [0.25, 0.3) is 44.5 Å². The molecular formula is C44H46N8O7. The van der Waals surface area contributed by atoms with Crippen LogP contribution in [0.1, 0.15) is 85.6 Å². The molecule has 0 radical (unpaired) electrons. The number of amides is 4. The Balaban J connectivity index is 0.936. The summed E-state index contributed by atoms with van der Waals surface area (Å²) in [5, 5.41) is 5.21. The van der Waals surface area contributed by atoms with E-state index >= 15 is 0 Å². The zero-order valence-corrected chi connectivity index (χ0v) is 33.3. The van der Waals surface area contributed by atoms with Gasteiger partial charge in [0.1, 0.15) is 24.2 Å². The van der Waals surface area contributed by atoms with Gasteiger partial charge < -0.3 is 39.9 Å². The number of nitrogens with zero attached hydrogens (tertiary/aromatic N) is 4. The quantitative estimate of drug-likeness (QED) is 0.130. The van der Waals surface area contributed by atoms with E-state index in [-0.39, 0.29) is 54.1 Å². The number of carbonyl (C=O) groups excluding carboxylic acids is 5. The first-order valence-corrected chi connectivity index (χ1v) is 20.2. The Kier molecular flexibility index (Phi) is 9.68. The van der Waals surface area contributed by atoms with Gasteiger partial charge in [0.25, 0.3) is 0 Å². The molecule has 3 aromatic carbocycles. The Morgan fingerprint density at radius 3 is 2.31 bits per heavy atom. The molecule has 4 N–H and O–H groups in total. The minimum absolute atomic E-state index is 0.0588. The third kappa shape index (κ3) is 6.67. The molecule has 4 aliphatic rings. The van der Waals surface area contributed by atoms with Gasteiger partial charge in [0.15, 0.2) is 5.78 Å². The molecule has 304 valence electrons. The zero-order valence-electron chi connectivity index (χ0n) is 33.3. The van der Waals surface area contributed by atoms with Crippen LogP contribution in [0.5, 0.6) is 0 Å². The molecule has 15 nitrogen and oxygen atoms in total. The lowest BCUT2D eigenvalue weighted by molar-refractivity contribution is -0.139. The largest absolute Gasteiger partial charge is 0.453 e. The number of aromatic nitrogens is 4. The zero-order chi connectivity index (χ0) is 41.1. The van der Waals surface area contributed by atoms with E-state index in [2.05, 4.69) is 30.3 Å². The number of rotatable bonds is 9. The summed E-state index contributed by atoms with van der Waals surface area (Å²) in [6, 6.07) is 16.7. The molecule has 9 rings (SSSR count). The number of alkyl carbamates (subject to hydrolysis) is 2. The molecule has 3 fully saturated rings. The molecule has 5 aromatic rings. The fourth-order valence-electron chi connectivity index (χ4n) is 9.62. The predicted octanol–water partition coefficient (Wildman–Crippen LogP) is 6.28. The molecule has 2 aliphatic heterocycles. The standard InChI is InChI=1S/C44H46N8O7/c1-22(2)37(50-44(57)59-4)42(55)52-27-11-7-26(16-27)38(52)41-47-32-14-10-24(19-33(32)48-41)23-8-12-28-29-13-9-25(18-31(29)39(54)30(28)17-23)34-20-45-40(49-34)35-6-5-15-51(35)36(53)21-46-43(56)58-3/h8-10,12-14,17-20,22,26-27,35,37-38H,5-7,11,15-16,21H2,1-4H3,(H,45,49)(H,46,56)(H,47,48)(H,50,57)/t26-,27+,35-,37-,38-/m0/s1. The minimum Gasteiger partial charge on any atom is -0.453 e. The highest BCUT2D eigenvalue weighted by Crippen LogP contribution is 2.50. The van der Waals surface area contributed by atoms with Gasteiger partial charge in [-0.15, -0.1) is 0 Å². The Labute approximate surface area is 340 Å². The minimum atomic E-state index is -0.713. The SMILES string of the molecule is COC(=O)NCC(=O)N1CCC[C@H]1c1ncc(-c2ccc3c(c2)C(=O)c2cc(-c4ccc5nc([C@@H]6[C@H]7CC[C@H](C7)N6C(=O)[C@@H](NC(=O)OC)C(C)C)[nH]c5c4)ccc2-3)[nH]1. The molecule has 4 amide bonds. The fraction of sp³-hybridized carbons (Fsp3) is 0.386. The Morgan fingerprint density at radius 2 is 1.56 bits per heavy atom. The lowest BCUT2D eigenvalue weighted by Crippen LogP contribution is -2.54. The summed E-state index contributed by atoms with van der Waals surface area (Å²) >= 11 is 0. The van der Waals surface area contributed by atoms with Crippen LogP contribution in [-0.4, -0.2) is 98.9 Å². The molecule has 2 bridgehead atoms. The molecule has 2 aliphatic carbocycles. The Morgan fingerprint density at radius 1 is 0.847 bits per heavy atom. The molecular weight excluding hydrogens is 753 g/mol.